The third-order valence-corrected chi connectivity index (χ3v) is 3.14. The predicted octanol–water partition coefficient (Wildman–Crippen LogP) is -0.197. The number of carbonyl (C=O) groups excluding carboxylic acids is 2. The lowest BCUT2D eigenvalue weighted by molar-refractivity contribution is -0.138. The molecule has 1 heterocycles. The molecule has 0 bridgehead atoms. The summed E-state index contributed by atoms with van der Waals surface area (Å²) in [5.74, 6) is 0.0155. The third kappa shape index (κ3) is 2.95. The molecule has 1 aliphatic heterocycles. The van der Waals surface area contributed by atoms with Crippen molar-refractivity contribution in [2.24, 2.45) is 5.73 Å². The Morgan fingerprint density at radius 2 is 2.12 bits per heavy atom. The minimum atomic E-state index is -0.457. The summed E-state index contributed by atoms with van der Waals surface area (Å²) in [4.78, 5) is 26.5. The molecule has 0 aliphatic carbocycles. The van der Waals surface area contributed by atoms with Crippen molar-refractivity contribution in [3.05, 3.63) is 0 Å². The van der Waals surface area contributed by atoms with E-state index in [-0.39, 0.29) is 17.9 Å². The van der Waals surface area contributed by atoms with Gasteiger partial charge in [-0.1, -0.05) is 0 Å². The van der Waals surface area contributed by atoms with Gasteiger partial charge in [0, 0.05) is 33.1 Å². The molecule has 16 heavy (non-hydrogen) atoms. The summed E-state index contributed by atoms with van der Waals surface area (Å²) in [6.45, 7) is 4.60. The van der Waals surface area contributed by atoms with Gasteiger partial charge in [-0.25, -0.2) is 0 Å². The standard InChI is InChI=1S/C11H21N3O2/c1-8(12)11(16)14-6-4-5-10(7-14)13(3)9(2)15/h8,10H,4-7,12H2,1-3H3/t8-,10+/m0/s1. The highest BCUT2D eigenvalue weighted by molar-refractivity contribution is 5.81. The van der Waals surface area contributed by atoms with Crippen LogP contribution in [0.1, 0.15) is 26.7 Å². The fourth-order valence-corrected chi connectivity index (χ4v) is 2.02. The lowest BCUT2D eigenvalue weighted by Crippen LogP contribution is -2.52. The highest BCUT2D eigenvalue weighted by atomic mass is 16.2. The molecule has 92 valence electrons. The number of rotatable bonds is 2. The van der Waals surface area contributed by atoms with E-state index in [1.165, 1.54) is 0 Å². The van der Waals surface area contributed by atoms with Gasteiger partial charge in [0.25, 0.3) is 0 Å². The zero-order valence-electron chi connectivity index (χ0n) is 10.3. The first-order valence-electron chi connectivity index (χ1n) is 5.71. The summed E-state index contributed by atoms with van der Waals surface area (Å²) in [6, 6.07) is -0.324. The Kier molecular flexibility index (Phi) is 4.29. The monoisotopic (exact) mass is 227 g/mol. The highest BCUT2D eigenvalue weighted by Gasteiger charge is 2.28. The average Bonchev–Trinajstić information content (AvgIpc) is 2.26. The number of amides is 2. The van der Waals surface area contributed by atoms with Crippen LogP contribution in [0.3, 0.4) is 0 Å². The number of likely N-dealkylation sites (N-methyl/N-ethyl adjacent to an activating group) is 1. The molecule has 1 fully saturated rings. The lowest BCUT2D eigenvalue weighted by atomic mass is 10.0. The molecule has 0 spiro atoms. The van der Waals surface area contributed by atoms with Crippen molar-refractivity contribution in [3.63, 3.8) is 0 Å². The Morgan fingerprint density at radius 1 is 1.50 bits per heavy atom. The lowest BCUT2D eigenvalue weighted by Gasteiger charge is -2.37. The molecule has 0 unspecified atom stereocenters. The van der Waals surface area contributed by atoms with Gasteiger partial charge in [0.15, 0.2) is 0 Å². The van der Waals surface area contributed by atoms with E-state index in [1.807, 2.05) is 0 Å². The van der Waals surface area contributed by atoms with E-state index in [9.17, 15) is 9.59 Å². The average molecular weight is 227 g/mol. The maximum Gasteiger partial charge on any atom is 0.239 e. The van der Waals surface area contributed by atoms with E-state index in [0.29, 0.717) is 6.54 Å². The van der Waals surface area contributed by atoms with Crippen molar-refractivity contribution in [2.75, 3.05) is 20.1 Å². The van der Waals surface area contributed by atoms with Gasteiger partial charge in [-0.2, -0.15) is 0 Å². The van der Waals surface area contributed by atoms with Crippen LogP contribution in [0, 0.1) is 0 Å². The van der Waals surface area contributed by atoms with Gasteiger partial charge < -0.3 is 15.5 Å². The van der Waals surface area contributed by atoms with Crippen LogP contribution < -0.4 is 5.73 Å². The Morgan fingerprint density at radius 3 is 2.62 bits per heavy atom. The van der Waals surface area contributed by atoms with Crippen molar-refractivity contribution in [2.45, 2.75) is 38.8 Å². The van der Waals surface area contributed by atoms with Crippen LogP contribution in [-0.2, 0) is 9.59 Å². The second-order valence-corrected chi connectivity index (χ2v) is 4.50. The summed E-state index contributed by atoms with van der Waals surface area (Å²) >= 11 is 0. The molecular formula is C11H21N3O2. The Balaban J connectivity index is 2.60. The van der Waals surface area contributed by atoms with Crippen LogP contribution in [0.2, 0.25) is 0 Å². The molecule has 1 rings (SSSR count). The van der Waals surface area contributed by atoms with Crippen LogP contribution >= 0.6 is 0 Å². The van der Waals surface area contributed by atoms with Crippen molar-refractivity contribution in [1.82, 2.24) is 9.80 Å². The molecule has 0 aromatic carbocycles. The summed E-state index contributed by atoms with van der Waals surface area (Å²) in [7, 11) is 1.78. The molecule has 0 aromatic heterocycles. The second kappa shape index (κ2) is 5.30. The first kappa shape index (κ1) is 13.0. The number of carbonyl (C=O) groups is 2. The van der Waals surface area contributed by atoms with E-state index in [1.54, 1.807) is 30.7 Å². The molecule has 1 saturated heterocycles. The minimum Gasteiger partial charge on any atom is -0.341 e. The topological polar surface area (TPSA) is 66.6 Å². The van der Waals surface area contributed by atoms with Crippen LogP contribution in [0.25, 0.3) is 0 Å². The largest absolute Gasteiger partial charge is 0.341 e. The maximum absolute atomic E-state index is 11.7. The van der Waals surface area contributed by atoms with Crippen LogP contribution in [0.5, 0.6) is 0 Å². The van der Waals surface area contributed by atoms with Crippen molar-refractivity contribution in [3.8, 4) is 0 Å². The quantitative estimate of drug-likeness (QED) is 0.710. The van der Waals surface area contributed by atoms with Gasteiger partial charge in [0.1, 0.15) is 0 Å². The number of piperidine rings is 1. The van der Waals surface area contributed by atoms with Crippen molar-refractivity contribution in [1.29, 1.82) is 0 Å². The number of hydrogen-bond acceptors (Lipinski definition) is 3. The Hall–Kier alpha value is -1.10. The molecule has 5 heteroatoms. The van der Waals surface area contributed by atoms with Crippen LogP contribution in [0.4, 0.5) is 0 Å². The van der Waals surface area contributed by atoms with Gasteiger partial charge in [0.05, 0.1) is 6.04 Å². The normalized spacial score (nSPS) is 22.8. The SMILES string of the molecule is CC(=O)N(C)[C@@H]1CCCN(C(=O)[C@H](C)N)C1. The molecule has 0 saturated carbocycles. The van der Waals surface area contributed by atoms with E-state index in [4.69, 9.17) is 5.73 Å². The van der Waals surface area contributed by atoms with Crippen LogP contribution in [-0.4, -0.2) is 53.8 Å². The summed E-state index contributed by atoms with van der Waals surface area (Å²) in [6.07, 6.45) is 1.89. The third-order valence-electron chi connectivity index (χ3n) is 3.14. The van der Waals surface area contributed by atoms with Gasteiger partial charge >= 0.3 is 0 Å². The van der Waals surface area contributed by atoms with Gasteiger partial charge in [-0.15, -0.1) is 0 Å². The zero-order chi connectivity index (χ0) is 12.3. The molecule has 0 aromatic rings. The van der Waals surface area contributed by atoms with E-state index in [2.05, 4.69) is 0 Å². The second-order valence-electron chi connectivity index (χ2n) is 4.50. The molecular weight excluding hydrogens is 206 g/mol. The minimum absolute atomic E-state index is 0.0262. The molecule has 2 amide bonds. The number of nitrogens with two attached hydrogens (primary N) is 1. The molecule has 0 radical (unpaired) electrons. The fourth-order valence-electron chi connectivity index (χ4n) is 2.02. The molecule has 1 aliphatic rings. The Labute approximate surface area is 96.6 Å². The number of hydrogen-bond donors (Lipinski definition) is 1. The number of likely N-dealkylation sites (tertiary alicyclic amines) is 1. The van der Waals surface area contributed by atoms with E-state index >= 15 is 0 Å². The highest BCUT2D eigenvalue weighted by Crippen LogP contribution is 2.15. The van der Waals surface area contributed by atoms with Crippen molar-refractivity contribution < 1.29 is 9.59 Å². The fraction of sp³-hybridized carbons (Fsp3) is 0.818. The first-order valence-corrected chi connectivity index (χ1v) is 5.71. The van der Waals surface area contributed by atoms with Crippen molar-refractivity contribution >= 4 is 11.8 Å². The summed E-state index contributed by atoms with van der Waals surface area (Å²) in [5, 5.41) is 0. The zero-order valence-corrected chi connectivity index (χ0v) is 10.3. The predicted molar refractivity (Wildman–Crippen MR) is 61.7 cm³/mol. The van der Waals surface area contributed by atoms with E-state index < -0.39 is 6.04 Å². The molecule has 5 nitrogen and oxygen atoms in total. The van der Waals surface area contributed by atoms with Crippen LogP contribution in [0.15, 0.2) is 0 Å². The maximum atomic E-state index is 11.7. The number of nitrogens with zero attached hydrogens (tertiary/aromatic N) is 2. The smallest absolute Gasteiger partial charge is 0.239 e. The molecule has 2 atom stereocenters. The summed E-state index contributed by atoms with van der Waals surface area (Å²) < 4.78 is 0. The van der Waals surface area contributed by atoms with Gasteiger partial charge in [-0.05, 0) is 19.8 Å². The van der Waals surface area contributed by atoms with E-state index in [0.717, 1.165) is 19.4 Å². The Bertz CT molecular complexity index is 278. The van der Waals surface area contributed by atoms with Gasteiger partial charge in [-0.3, -0.25) is 9.59 Å². The molecule has 2 N–H and O–H groups in total. The first-order chi connectivity index (χ1) is 7.43. The summed E-state index contributed by atoms with van der Waals surface area (Å²) in [5.41, 5.74) is 5.58. The van der Waals surface area contributed by atoms with Gasteiger partial charge in [0.2, 0.25) is 11.8 Å².